The van der Waals surface area contributed by atoms with Gasteiger partial charge in [0.25, 0.3) is 0 Å². The van der Waals surface area contributed by atoms with Crippen LogP contribution in [0.1, 0.15) is 0 Å². The molecule has 0 N–H and O–H groups in total. The molecule has 0 aliphatic rings. The van der Waals surface area contributed by atoms with Crippen LogP contribution in [0.3, 0.4) is 0 Å². The minimum Gasteiger partial charge on any atom is -0.339 e. The van der Waals surface area contributed by atoms with Crippen molar-refractivity contribution in [1.82, 2.24) is 0 Å². The topological polar surface area (TPSA) is 0 Å². The van der Waals surface area contributed by atoms with Crippen molar-refractivity contribution in [2.75, 3.05) is 0 Å². The monoisotopic (exact) mass is 393 g/mol. The Morgan fingerprint density at radius 2 is 0.923 bits per heavy atom. The van der Waals surface area contributed by atoms with Gasteiger partial charge in [0, 0.05) is 0 Å². The Kier molecular flexibility index (Phi) is 11.8. The van der Waals surface area contributed by atoms with Crippen LogP contribution in [0.5, 0.6) is 0 Å². The van der Waals surface area contributed by atoms with Crippen molar-refractivity contribution in [3.63, 3.8) is 0 Å². The van der Waals surface area contributed by atoms with Gasteiger partial charge >= 0.3 is 21.1 Å². The Morgan fingerprint density at radius 1 is 0.846 bits per heavy atom. The van der Waals surface area contributed by atoms with E-state index in [4.69, 9.17) is 0 Å². The van der Waals surface area contributed by atoms with E-state index in [0.717, 1.165) is 0 Å². The number of hydrogen-bond donors (Lipinski definition) is 0. The average molecular weight is 394 g/mol. The Balaban J connectivity index is -0.000000143. The van der Waals surface area contributed by atoms with Crippen molar-refractivity contribution in [1.29, 1.82) is 0 Å². The minimum absolute atomic E-state index is 0. The van der Waals surface area contributed by atoms with Gasteiger partial charge in [0.05, 0.1) is 0 Å². The molecule has 0 heterocycles. The molecule has 0 spiro atoms. The molecule has 0 saturated heterocycles. The fraction of sp³-hybridized carbons (Fsp3) is 0.400. The van der Waals surface area contributed by atoms with Crippen LogP contribution in [0.15, 0.2) is 24.6 Å². The van der Waals surface area contributed by atoms with E-state index in [2.05, 4.69) is 52.4 Å². The number of hydrogen-bond acceptors (Lipinski definition) is 0. The van der Waals surface area contributed by atoms with Crippen molar-refractivity contribution in [3.05, 3.63) is 37.7 Å². The summed E-state index contributed by atoms with van der Waals surface area (Å²) in [7, 11) is -2.23. The Labute approximate surface area is 101 Å². The van der Waals surface area contributed by atoms with Gasteiger partial charge in [-0.1, -0.05) is 42.3 Å². The van der Waals surface area contributed by atoms with Crippen molar-refractivity contribution >= 4 is 16.1 Å². The third-order valence-electron chi connectivity index (χ3n) is 1.11. The van der Waals surface area contributed by atoms with E-state index in [1.807, 2.05) is 11.4 Å². The first-order valence-corrected chi connectivity index (χ1v) is 10.7. The largest absolute Gasteiger partial charge is 2.00 e. The fourth-order valence-corrected chi connectivity index (χ4v) is 0. The molecule has 0 amide bonds. The Morgan fingerprint density at radius 3 is 0.923 bits per heavy atom. The molecule has 0 unspecified atom stereocenters. The Hall–Kier alpha value is 0.602. The zero-order chi connectivity index (χ0) is 10.4. The van der Waals surface area contributed by atoms with Crippen LogP contribution in [-0.4, -0.2) is 16.1 Å². The van der Waals surface area contributed by atoms with E-state index in [-0.39, 0.29) is 21.1 Å². The van der Waals surface area contributed by atoms with Crippen LogP contribution >= 0.6 is 0 Å². The summed E-state index contributed by atoms with van der Waals surface area (Å²) >= 11 is 0. The molecule has 3 heteroatoms. The molecule has 0 bridgehead atoms. The summed E-state index contributed by atoms with van der Waals surface area (Å²) in [5.41, 5.74) is 3.93. The first-order chi connectivity index (χ1) is 5.12. The molecule has 0 aromatic carbocycles. The standard InChI is InChI=1S/2C5H11Si.Pt/c2*1-5-6(2,3)4;/h2*5H,1-2H2,3-4H3;/q2*-1;+2. The molecule has 0 aliphatic heterocycles. The van der Waals surface area contributed by atoms with E-state index in [0.29, 0.717) is 0 Å². The molecule has 0 atom stereocenters. The maximum absolute atomic E-state index is 3.91. The van der Waals surface area contributed by atoms with Gasteiger partial charge < -0.3 is 13.1 Å². The SMILES string of the molecule is C=C[Si]([CH2-])(C)C.C=C[Si]([CH2-])(C)C.[Pt+2]. The van der Waals surface area contributed by atoms with Crippen LogP contribution in [0, 0.1) is 13.1 Å². The van der Waals surface area contributed by atoms with Crippen LogP contribution in [0.25, 0.3) is 0 Å². The van der Waals surface area contributed by atoms with Crippen LogP contribution in [0.2, 0.25) is 26.2 Å². The second-order valence-corrected chi connectivity index (χ2v) is 13.2. The molecule has 0 saturated carbocycles. The summed E-state index contributed by atoms with van der Waals surface area (Å²) in [6, 6.07) is 0. The van der Waals surface area contributed by atoms with E-state index in [1.54, 1.807) is 0 Å². The smallest absolute Gasteiger partial charge is 0.339 e. The summed E-state index contributed by atoms with van der Waals surface area (Å²) < 4.78 is 0. The van der Waals surface area contributed by atoms with Gasteiger partial charge in [-0.05, 0) is 0 Å². The molecule has 80 valence electrons. The third-order valence-corrected chi connectivity index (χ3v) is 3.32. The van der Waals surface area contributed by atoms with Gasteiger partial charge in [-0.3, -0.25) is 0 Å². The molecule has 0 fully saturated rings. The molecule has 0 nitrogen and oxygen atoms in total. The minimum atomic E-state index is -1.12. The summed E-state index contributed by atoms with van der Waals surface area (Å²) in [5, 5.41) is 0. The predicted molar refractivity (Wildman–Crippen MR) is 66.1 cm³/mol. The normalized spacial score (nSPS) is 10.3. The molecule has 0 aromatic rings. The molecule has 0 rings (SSSR count). The van der Waals surface area contributed by atoms with Gasteiger partial charge in [-0.25, -0.2) is 0 Å². The molecule has 0 aromatic heterocycles. The second-order valence-electron chi connectivity index (χ2n) is 4.39. The van der Waals surface area contributed by atoms with E-state index in [1.165, 1.54) is 0 Å². The van der Waals surface area contributed by atoms with Crippen molar-refractivity contribution in [2.45, 2.75) is 26.2 Å². The van der Waals surface area contributed by atoms with Gasteiger partial charge in [0.2, 0.25) is 0 Å². The first kappa shape index (κ1) is 19.2. The van der Waals surface area contributed by atoms with Crippen molar-refractivity contribution < 1.29 is 21.1 Å². The zero-order valence-corrected chi connectivity index (χ0v) is 13.6. The van der Waals surface area contributed by atoms with Gasteiger partial charge in [0.1, 0.15) is 0 Å². The molecule has 13 heavy (non-hydrogen) atoms. The summed E-state index contributed by atoms with van der Waals surface area (Å²) in [6.07, 6.45) is 0. The zero-order valence-electron chi connectivity index (χ0n) is 9.30. The quantitative estimate of drug-likeness (QED) is 0.497. The second kappa shape index (κ2) is 7.96. The van der Waals surface area contributed by atoms with E-state index in [9.17, 15) is 0 Å². The molecule has 0 radical (unpaired) electrons. The Bertz CT molecular complexity index is 122. The maximum Gasteiger partial charge on any atom is 2.00 e. The summed E-state index contributed by atoms with van der Waals surface area (Å²) in [4.78, 5) is 0. The molecular weight excluding hydrogens is 371 g/mol. The predicted octanol–water partition coefficient (Wildman–Crippen LogP) is 3.58. The average Bonchev–Trinajstić information content (AvgIpc) is 1.86. The maximum atomic E-state index is 3.91. The van der Waals surface area contributed by atoms with Gasteiger partial charge in [-0.2, -0.15) is 0 Å². The van der Waals surface area contributed by atoms with Crippen LogP contribution < -0.4 is 0 Å². The van der Waals surface area contributed by atoms with E-state index >= 15 is 0 Å². The van der Waals surface area contributed by atoms with E-state index < -0.39 is 16.1 Å². The third kappa shape index (κ3) is 32.5. The molecule has 0 aliphatic carbocycles. The van der Waals surface area contributed by atoms with Crippen LogP contribution in [-0.2, 0) is 21.1 Å². The first-order valence-electron chi connectivity index (χ1n) is 4.10. The summed E-state index contributed by atoms with van der Waals surface area (Å²) in [6.45, 7) is 23.7. The van der Waals surface area contributed by atoms with Gasteiger partial charge in [0.15, 0.2) is 0 Å². The van der Waals surface area contributed by atoms with Crippen molar-refractivity contribution in [2.24, 2.45) is 0 Å². The van der Waals surface area contributed by atoms with Crippen LogP contribution in [0.4, 0.5) is 0 Å². The summed E-state index contributed by atoms with van der Waals surface area (Å²) in [5.74, 6) is 0. The number of rotatable bonds is 2. The molecular formula is C10H22PtSi2. The fourth-order valence-electron chi connectivity index (χ4n) is 0. The van der Waals surface area contributed by atoms with Crippen molar-refractivity contribution in [3.8, 4) is 0 Å². The van der Waals surface area contributed by atoms with Gasteiger partial charge in [-0.15, -0.1) is 24.6 Å².